The lowest BCUT2D eigenvalue weighted by Gasteiger charge is -2.19. The minimum atomic E-state index is 0.484. The molecule has 2 atom stereocenters. The van der Waals surface area contributed by atoms with Crippen molar-refractivity contribution in [2.75, 3.05) is 5.33 Å². The van der Waals surface area contributed by atoms with Crippen LogP contribution >= 0.6 is 15.9 Å². The van der Waals surface area contributed by atoms with E-state index in [4.69, 9.17) is 0 Å². The van der Waals surface area contributed by atoms with Crippen molar-refractivity contribution in [1.29, 1.82) is 0 Å². The van der Waals surface area contributed by atoms with Gasteiger partial charge in [0, 0.05) is 23.3 Å². The third kappa shape index (κ3) is 3.30. The number of hydrogen-bond donors (Lipinski definition) is 1. The maximum absolute atomic E-state index is 4.66. The Balaban J connectivity index is 2.04. The normalized spacial score (nSPS) is 14.6. The van der Waals surface area contributed by atoms with Crippen molar-refractivity contribution in [3.8, 4) is 0 Å². The fourth-order valence-electron chi connectivity index (χ4n) is 1.81. The average molecular weight is 307 g/mol. The van der Waals surface area contributed by atoms with Gasteiger partial charge in [0.25, 0.3) is 0 Å². The standard InChI is InChI=1S/C15H19BrN2/c1-11(9-16)12(2)17-10-14-8-7-13-5-3-4-6-15(13)18-14/h3-8,11-12,17H,9-10H2,1-2H3. The first-order valence-electron chi connectivity index (χ1n) is 6.34. The van der Waals surface area contributed by atoms with E-state index in [1.54, 1.807) is 0 Å². The molecule has 0 saturated heterocycles. The molecular weight excluding hydrogens is 288 g/mol. The van der Waals surface area contributed by atoms with Gasteiger partial charge >= 0.3 is 0 Å². The van der Waals surface area contributed by atoms with Crippen LogP contribution in [0.1, 0.15) is 19.5 Å². The molecule has 18 heavy (non-hydrogen) atoms. The molecule has 0 fully saturated rings. The Labute approximate surface area is 117 Å². The van der Waals surface area contributed by atoms with Crippen molar-refractivity contribution in [3.63, 3.8) is 0 Å². The first-order valence-corrected chi connectivity index (χ1v) is 7.47. The summed E-state index contributed by atoms with van der Waals surface area (Å²) in [6.07, 6.45) is 0. The summed E-state index contributed by atoms with van der Waals surface area (Å²) in [7, 11) is 0. The lowest BCUT2D eigenvalue weighted by atomic mass is 10.1. The van der Waals surface area contributed by atoms with Crippen LogP contribution in [0.25, 0.3) is 10.9 Å². The topological polar surface area (TPSA) is 24.9 Å². The molecule has 1 aromatic heterocycles. The Bertz CT molecular complexity index is 513. The Morgan fingerprint density at radius 3 is 2.72 bits per heavy atom. The van der Waals surface area contributed by atoms with Gasteiger partial charge in [-0.1, -0.05) is 47.1 Å². The predicted octanol–water partition coefficient (Wildman–Crippen LogP) is 3.74. The molecule has 96 valence electrons. The number of nitrogens with one attached hydrogen (secondary N) is 1. The Hall–Kier alpha value is -0.930. The second kappa shape index (κ2) is 6.30. The quantitative estimate of drug-likeness (QED) is 0.851. The maximum atomic E-state index is 4.66. The van der Waals surface area contributed by atoms with Crippen LogP contribution in [0.4, 0.5) is 0 Å². The van der Waals surface area contributed by atoms with E-state index in [9.17, 15) is 0 Å². The van der Waals surface area contributed by atoms with E-state index in [-0.39, 0.29) is 0 Å². The molecule has 0 amide bonds. The Kier molecular flexibility index (Phi) is 4.72. The molecule has 1 N–H and O–H groups in total. The summed E-state index contributed by atoms with van der Waals surface area (Å²) >= 11 is 3.52. The number of pyridine rings is 1. The molecule has 0 aliphatic carbocycles. The van der Waals surface area contributed by atoms with Crippen LogP contribution in [-0.4, -0.2) is 16.4 Å². The van der Waals surface area contributed by atoms with Crippen LogP contribution in [0.5, 0.6) is 0 Å². The third-order valence-electron chi connectivity index (χ3n) is 3.36. The zero-order valence-electron chi connectivity index (χ0n) is 10.9. The van der Waals surface area contributed by atoms with Gasteiger partial charge in [0.1, 0.15) is 0 Å². The van der Waals surface area contributed by atoms with Crippen molar-refractivity contribution >= 4 is 26.8 Å². The van der Waals surface area contributed by atoms with Crippen LogP contribution in [-0.2, 0) is 6.54 Å². The van der Waals surface area contributed by atoms with Crippen molar-refractivity contribution in [3.05, 3.63) is 42.1 Å². The fraction of sp³-hybridized carbons (Fsp3) is 0.400. The van der Waals surface area contributed by atoms with E-state index in [1.165, 1.54) is 5.39 Å². The van der Waals surface area contributed by atoms with Crippen molar-refractivity contribution in [1.82, 2.24) is 10.3 Å². The van der Waals surface area contributed by atoms with Gasteiger partial charge in [-0.15, -0.1) is 0 Å². The van der Waals surface area contributed by atoms with Crippen LogP contribution in [0.3, 0.4) is 0 Å². The van der Waals surface area contributed by atoms with E-state index in [1.807, 2.05) is 12.1 Å². The number of rotatable bonds is 5. The number of nitrogens with zero attached hydrogens (tertiary/aromatic N) is 1. The van der Waals surface area contributed by atoms with Gasteiger partial charge in [0.05, 0.1) is 11.2 Å². The number of para-hydroxylation sites is 1. The van der Waals surface area contributed by atoms with Gasteiger partial charge in [-0.05, 0) is 25.0 Å². The van der Waals surface area contributed by atoms with Crippen molar-refractivity contribution in [2.24, 2.45) is 5.92 Å². The lowest BCUT2D eigenvalue weighted by Crippen LogP contribution is -2.32. The molecule has 0 aliphatic heterocycles. The molecule has 1 aromatic carbocycles. The monoisotopic (exact) mass is 306 g/mol. The summed E-state index contributed by atoms with van der Waals surface area (Å²) in [4.78, 5) is 4.66. The maximum Gasteiger partial charge on any atom is 0.0705 e. The summed E-state index contributed by atoms with van der Waals surface area (Å²) in [6.45, 7) is 5.27. The van der Waals surface area contributed by atoms with E-state index >= 15 is 0 Å². The summed E-state index contributed by atoms with van der Waals surface area (Å²) < 4.78 is 0. The molecule has 2 unspecified atom stereocenters. The van der Waals surface area contributed by atoms with E-state index in [0.29, 0.717) is 12.0 Å². The molecule has 2 nitrogen and oxygen atoms in total. The number of fused-ring (bicyclic) bond motifs is 1. The molecule has 0 radical (unpaired) electrons. The van der Waals surface area contributed by atoms with Gasteiger partial charge in [0.2, 0.25) is 0 Å². The molecule has 0 spiro atoms. The minimum absolute atomic E-state index is 0.484. The van der Waals surface area contributed by atoms with Gasteiger partial charge in [-0.2, -0.15) is 0 Å². The highest BCUT2D eigenvalue weighted by molar-refractivity contribution is 9.09. The lowest BCUT2D eigenvalue weighted by molar-refractivity contribution is 0.431. The molecule has 2 aromatic rings. The highest BCUT2D eigenvalue weighted by Crippen LogP contribution is 2.12. The average Bonchev–Trinajstić information content (AvgIpc) is 2.43. The third-order valence-corrected chi connectivity index (χ3v) is 4.38. The van der Waals surface area contributed by atoms with E-state index in [0.717, 1.165) is 23.1 Å². The van der Waals surface area contributed by atoms with E-state index < -0.39 is 0 Å². The molecule has 3 heteroatoms. The molecule has 0 saturated carbocycles. The number of hydrogen-bond acceptors (Lipinski definition) is 2. The smallest absolute Gasteiger partial charge is 0.0705 e. The first-order chi connectivity index (χ1) is 8.70. The zero-order valence-corrected chi connectivity index (χ0v) is 12.4. The number of alkyl halides is 1. The highest BCUT2D eigenvalue weighted by atomic mass is 79.9. The molecule has 0 aliphatic rings. The summed E-state index contributed by atoms with van der Waals surface area (Å²) in [5.74, 6) is 0.616. The van der Waals surface area contributed by atoms with Crippen LogP contribution < -0.4 is 5.32 Å². The predicted molar refractivity (Wildman–Crippen MR) is 81.0 cm³/mol. The number of halogens is 1. The second-order valence-electron chi connectivity index (χ2n) is 4.80. The minimum Gasteiger partial charge on any atom is -0.308 e. The van der Waals surface area contributed by atoms with E-state index in [2.05, 4.69) is 64.3 Å². The van der Waals surface area contributed by atoms with Gasteiger partial charge in [0.15, 0.2) is 0 Å². The van der Waals surface area contributed by atoms with Crippen molar-refractivity contribution < 1.29 is 0 Å². The molecule has 1 heterocycles. The number of aromatic nitrogens is 1. The summed E-state index contributed by atoms with van der Waals surface area (Å²) in [5, 5.41) is 5.74. The summed E-state index contributed by atoms with van der Waals surface area (Å²) in [6, 6.07) is 12.9. The largest absolute Gasteiger partial charge is 0.308 e. The second-order valence-corrected chi connectivity index (χ2v) is 5.44. The van der Waals surface area contributed by atoms with Crippen LogP contribution in [0, 0.1) is 5.92 Å². The van der Waals surface area contributed by atoms with Crippen LogP contribution in [0.2, 0.25) is 0 Å². The zero-order chi connectivity index (χ0) is 13.0. The van der Waals surface area contributed by atoms with Gasteiger partial charge < -0.3 is 5.32 Å². The highest BCUT2D eigenvalue weighted by Gasteiger charge is 2.10. The molecule has 0 bridgehead atoms. The first kappa shape index (κ1) is 13.5. The van der Waals surface area contributed by atoms with Gasteiger partial charge in [-0.3, -0.25) is 4.98 Å². The fourth-order valence-corrected chi connectivity index (χ4v) is 2.37. The SMILES string of the molecule is CC(CBr)C(C)NCc1ccc2ccccc2n1. The molecular formula is C15H19BrN2. The number of benzene rings is 1. The summed E-state index contributed by atoms with van der Waals surface area (Å²) in [5.41, 5.74) is 2.17. The van der Waals surface area contributed by atoms with Gasteiger partial charge in [-0.25, -0.2) is 0 Å². The Morgan fingerprint density at radius 2 is 1.94 bits per heavy atom. The molecule has 2 rings (SSSR count). The Morgan fingerprint density at radius 1 is 1.17 bits per heavy atom. The van der Waals surface area contributed by atoms with Crippen molar-refractivity contribution in [2.45, 2.75) is 26.4 Å². The van der Waals surface area contributed by atoms with Crippen LogP contribution in [0.15, 0.2) is 36.4 Å².